The molecule has 1 aromatic heterocycles. The van der Waals surface area contributed by atoms with Gasteiger partial charge in [0.25, 0.3) is 0 Å². The Labute approximate surface area is 128 Å². The van der Waals surface area contributed by atoms with Gasteiger partial charge >= 0.3 is 0 Å². The van der Waals surface area contributed by atoms with Gasteiger partial charge in [-0.25, -0.2) is 0 Å². The fourth-order valence-corrected chi connectivity index (χ4v) is 5.43. The van der Waals surface area contributed by atoms with Crippen molar-refractivity contribution < 1.29 is 9.15 Å². The Bertz CT molecular complexity index is 452. The first-order valence-corrected chi connectivity index (χ1v) is 9.40. The van der Waals surface area contributed by atoms with Gasteiger partial charge in [-0.1, -0.05) is 20.8 Å². The first kappa shape index (κ1) is 14.7. The van der Waals surface area contributed by atoms with Crippen molar-refractivity contribution in [1.29, 1.82) is 0 Å². The number of nitrogens with zero attached hydrogens (tertiary/aromatic N) is 2. The molecule has 0 radical (unpaired) electrons. The van der Waals surface area contributed by atoms with E-state index in [1.165, 1.54) is 11.5 Å². The number of ether oxygens (including phenoxy) is 1. The third-order valence-electron chi connectivity index (χ3n) is 3.81. The lowest BCUT2D eigenvalue weighted by atomic mass is 9.81. The molecule has 3 atom stereocenters. The van der Waals surface area contributed by atoms with E-state index < -0.39 is 0 Å². The van der Waals surface area contributed by atoms with E-state index in [1.54, 1.807) is 0 Å². The molecular weight excluding hydrogens is 292 g/mol. The maximum atomic E-state index is 6.00. The number of hydrogen-bond acceptors (Lipinski definition) is 6. The predicted octanol–water partition coefficient (Wildman–Crippen LogP) is 3.51. The zero-order valence-electron chi connectivity index (χ0n) is 12.3. The van der Waals surface area contributed by atoms with Gasteiger partial charge < -0.3 is 9.15 Å². The smallest absolute Gasteiger partial charge is 0.230 e. The Balaban J connectivity index is 1.75. The second-order valence-electron chi connectivity index (χ2n) is 6.47. The molecule has 2 fully saturated rings. The lowest BCUT2D eigenvalue weighted by Crippen LogP contribution is -2.30. The molecule has 0 N–H and O–H groups in total. The molecule has 0 spiro atoms. The number of thioether (sulfide) groups is 2. The molecule has 6 heteroatoms. The van der Waals surface area contributed by atoms with E-state index in [-0.39, 0.29) is 17.4 Å². The normalized spacial score (nSPS) is 31.6. The van der Waals surface area contributed by atoms with Gasteiger partial charge in [0, 0.05) is 23.9 Å². The van der Waals surface area contributed by atoms with Gasteiger partial charge in [0.05, 0.1) is 17.3 Å². The fraction of sp³-hybridized carbons (Fsp3) is 0.857. The Morgan fingerprint density at radius 2 is 1.95 bits per heavy atom. The monoisotopic (exact) mass is 314 g/mol. The van der Waals surface area contributed by atoms with Crippen molar-refractivity contribution >= 4 is 23.5 Å². The average Bonchev–Trinajstić information content (AvgIpc) is 3.08. The summed E-state index contributed by atoms with van der Waals surface area (Å²) in [6.45, 7) is 7.42. The zero-order chi connectivity index (χ0) is 14.2. The predicted molar refractivity (Wildman–Crippen MR) is 83.4 cm³/mol. The van der Waals surface area contributed by atoms with Crippen molar-refractivity contribution in [2.24, 2.45) is 5.41 Å². The summed E-state index contributed by atoms with van der Waals surface area (Å²) in [4.78, 5) is 0. The van der Waals surface area contributed by atoms with E-state index in [9.17, 15) is 0 Å². The third kappa shape index (κ3) is 3.02. The Morgan fingerprint density at radius 1 is 1.15 bits per heavy atom. The Morgan fingerprint density at radius 3 is 2.65 bits per heavy atom. The van der Waals surface area contributed by atoms with E-state index in [4.69, 9.17) is 9.15 Å². The molecule has 4 nitrogen and oxygen atoms in total. The SMILES string of the molecule is CC(C)(C)[C@H]1OCC[C@@H]1c1nnc([C@H]2CSCCS2)o1. The van der Waals surface area contributed by atoms with Crippen LogP contribution in [-0.4, -0.2) is 40.2 Å². The molecule has 0 aliphatic carbocycles. The van der Waals surface area contributed by atoms with Crippen LogP contribution >= 0.6 is 23.5 Å². The van der Waals surface area contributed by atoms with Crippen LogP contribution in [0.5, 0.6) is 0 Å². The van der Waals surface area contributed by atoms with E-state index in [0.717, 1.165) is 30.6 Å². The highest BCUT2D eigenvalue weighted by Crippen LogP contribution is 2.42. The molecule has 3 rings (SSSR count). The molecule has 2 saturated heterocycles. The van der Waals surface area contributed by atoms with E-state index >= 15 is 0 Å². The first-order chi connectivity index (χ1) is 9.55. The van der Waals surface area contributed by atoms with Crippen LogP contribution in [0.25, 0.3) is 0 Å². The number of rotatable bonds is 2. The molecule has 0 amide bonds. The molecule has 1 aromatic rings. The minimum atomic E-state index is 0.102. The van der Waals surface area contributed by atoms with Gasteiger partial charge in [0.2, 0.25) is 11.8 Å². The molecule has 0 saturated carbocycles. The molecule has 112 valence electrons. The summed E-state index contributed by atoms with van der Waals surface area (Å²) in [5.74, 6) is 5.30. The number of aromatic nitrogens is 2. The van der Waals surface area contributed by atoms with Crippen molar-refractivity contribution in [2.75, 3.05) is 23.9 Å². The zero-order valence-corrected chi connectivity index (χ0v) is 13.9. The largest absolute Gasteiger partial charge is 0.424 e. The molecule has 2 aliphatic heterocycles. The van der Waals surface area contributed by atoms with Gasteiger partial charge in [0.15, 0.2) is 0 Å². The van der Waals surface area contributed by atoms with Crippen molar-refractivity contribution in [3.05, 3.63) is 11.8 Å². The Hall–Kier alpha value is -0.200. The van der Waals surface area contributed by atoms with Gasteiger partial charge in [-0.05, 0) is 11.8 Å². The molecule has 2 aliphatic rings. The van der Waals surface area contributed by atoms with Gasteiger partial charge in [0.1, 0.15) is 0 Å². The van der Waals surface area contributed by atoms with E-state index in [1.807, 2.05) is 23.5 Å². The lowest BCUT2D eigenvalue weighted by Gasteiger charge is -2.29. The molecule has 0 aromatic carbocycles. The van der Waals surface area contributed by atoms with Crippen LogP contribution < -0.4 is 0 Å². The summed E-state index contributed by atoms with van der Waals surface area (Å²) in [7, 11) is 0. The molecule has 20 heavy (non-hydrogen) atoms. The van der Waals surface area contributed by atoms with E-state index in [0.29, 0.717) is 5.25 Å². The van der Waals surface area contributed by atoms with Gasteiger partial charge in [-0.15, -0.1) is 22.0 Å². The Kier molecular flexibility index (Phi) is 4.34. The highest BCUT2D eigenvalue weighted by Gasteiger charge is 2.41. The van der Waals surface area contributed by atoms with Crippen LogP contribution in [0, 0.1) is 5.41 Å². The minimum Gasteiger partial charge on any atom is -0.424 e. The van der Waals surface area contributed by atoms with Crippen LogP contribution in [0.2, 0.25) is 0 Å². The van der Waals surface area contributed by atoms with Crippen molar-refractivity contribution in [3.63, 3.8) is 0 Å². The topological polar surface area (TPSA) is 48.2 Å². The molecule has 0 bridgehead atoms. The quantitative estimate of drug-likeness (QED) is 0.832. The van der Waals surface area contributed by atoms with Crippen molar-refractivity contribution in [1.82, 2.24) is 10.2 Å². The summed E-state index contributed by atoms with van der Waals surface area (Å²) in [6.07, 6.45) is 1.15. The molecule has 3 heterocycles. The van der Waals surface area contributed by atoms with Gasteiger partial charge in [-0.2, -0.15) is 11.8 Å². The van der Waals surface area contributed by atoms with Crippen LogP contribution in [-0.2, 0) is 4.74 Å². The standard InChI is InChI=1S/C14H22N2O2S2/c1-14(2,3)11-9(4-5-17-11)12-15-16-13(18-12)10-8-19-6-7-20-10/h9-11H,4-8H2,1-3H3/t9-,10+,11-/m0/s1. The van der Waals surface area contributed by atoms with Crippen LogP contribution in [0.1, 0.15) is 50.1 Å². The maximum absolute atomic E-state index is 6.00. The lowest BCUT2D eigenvalue weighted by molar-refractivity contribution is 0.0170. The average molecular weight is 314 g/mol. The van der Waals surface area contributed by atoms with Crippen LogP contribution in [0.4, 0.5) is 0 Å². The maximum Gasteiger partial charge on any atom is 0.230 e. The number of hydrogen-bond donors (Lipinski definition) is 0. The summed E-state index contributed by atoms with van der Waals surface area (Å²) < 4.78 is 11.9. The summed E-state index contributed by atoms with van der Waals surface area (Å²) in [5.41, 5.74) is 0.102. The van der Waals surface area contributed by atoms with E-state index in [2.05, 4.69) is 31.0 Å². The second-order valence-corrected chi connectivity index (χ2v) is 8.93. The van der Waals surface area contributed by atoms with Crippen LogP contribution in [0.15, 0.2) is 4.42 Å². The van der Waals surface area contributed by atoms with Crippen molar-refractivity contribution in [2.45, 2.75) is 44.5 Å². The van der Waals surface area contributed by atoms with Crippen molar-refractivity contribution in [3.8, 4) is 0 Å². The molecule has 0 unspecified atom stereocenters. The second kappa shape index (κ2) is 5.89. The van der Waals surface area contributed by atoms with Gasteiger partial charge in [-0.3, -0.25) is 0 Å². The minimum absolute atomic E-state index is 0.102. The summed E-state index contributed by atoms with van der Waals surface area (Å²) in [5, 5.41) is 8.98. The summed E-state index contributed by atoms with van der Waals surface area (Å²) >= 11 is 3.90. The first-order valence-electron chi connectivity index (χ1n) is 7.20. The highest BCUT2D eigenvalue weighted by atomic mass is 32.2. The summed E-state index contributed by atoms with van der Waals surface area (Å²) in [6, 6.07) is 0. The fourth-order valence-electron chi connectivity index (χ4n) is 2.85. The molecular formula is C14H22N2O2S2. The van der Waals surface area contributed by atoms with Crippen LogP contribution in [0.3, 0.4) is 0 Å². The third-order valence-corrected chi connectivity index (χ3v) is 6.55. The highest BCUT2D eigenvalue weighted by molar-refractivity contribution is 8.06.